The normalized spacial score (nSPS) is 16.0. The van der Waals surface area contributed by atoms with Crippen molar-refractivity contribution in [2.75, 3.05) is 0 Å². The smallest absolute Gasteiger partial charge is 0.331 e. The van der Waals surface area contributed by atoms with Crippen LogP contribution < -0.4 is 16.2 Å². The molecule has 0 saturated heterocycles. The van der Waals surface area contributed by atoms with Crippen molar-refractivity contribution in [1.29, 1.82) is 0 Å². The van der Waals surface area contributed by atoms with E-state index in [2.05, 4.69) is 4.79 Å². The number of nitrogens with zero attached hydrogens (tertiary/aromatic N) is 2. The van der Waals surface area contributed by atoms with Gasteiger partial charge >= 0.3 is 5.36 Å². The Kier molecular flexibility index (Phi) is 3.03. The number of aromatic hydroxyl groups is 2. The van der Waals surface area contributed by atoms with Gasteiger partial charge in [0.1, 0.15) is 16.9 Å². The zero-order chi connectivity index (χ0) is 19.0. The van der Waals surface area contributed by atoms with Gasteiger partial charge in [-0.05, 0) is 24.0 Å². The number of fused-ring (bicyclic) bond motifs is 4. The van der Waals surface area contributed by atoms with Gasteiger partial charge < -0.3 is 15.7 Å². The van der Waals surface area contributed by atoms with Gasteiger partial charge in [0.05, 0.1) is 16.3 Å². The van der Waals surface area contributed by atoms with E-state index in [1.165, 1.54) is 0 Å². The third-order valence-electron chi connectivity index (χ3n) is 5.33. The summed E-state index contributed by atoms with van der Waals surface area (Å²) in [4.78, 5) is 40.3. The number of ketones is 1. The third-order valence-corrected chi connectivity index (χ3v) is 5.33. The number of phenolic OH excluding ortho intramolecular Hbond substituents is 2. The Balaban J connectivity index is 2.49. The molecule has 0 fully saturated rings. The zero-order valence-electron chi connectivity index (χ0n) is 14.1. The van der Waals surface area contributed by atoms with Crippen molar-refractivity contribution in [3.63, 3.8) is 0 Å². The summed E-state index contributed by atoms with van der Waals surface area (Å²) >= 11 is 0. The Morgan fingerprint density at radius 2 is 1.50 bits per heavy atom. The fraction of sp³-hybridized carbons (Fsp3) is 0.263. The van der Waals surface area contributed by atoms with Gasteiger partial charge in [-0.3, -0.25) is 14.4 Å². The molecule has 4 rings (SSSR count). The quantitative estimate of drug-likeness (QED) is 0.360. The van der Waals surface area contributed by atoms with Gasteiger partial charge in [-0.25, -0.2) is 0 Å². The van der Waals surface area contributed by atoms with Crippen molar-refractivity contribution in [3.05, 3.63) is 54.6 Å². The minimum absolute atomic E-state index is 0.0433. The molecule has 3 aromatic rings. The topological polar surface area (TPSA) is 128 Å². The summed E-state index contributed by atoms with van der Waals surface area (Å²) in [5, 5.41) is 20.6. The Labute approximate surface area is 146 Å². The molecule has 0 saturated carbocycles. The van der Waals surface area contributed by atoms with Crippen LogP contribution in [0.3, 0.4) is 0 Å². The van der Waals surface area contributed by atoms with Crippen LogP contribution in [-0.2, 0) is 5.41 Å². The van der Waals surface area contributed by atoms with Gasteiger partial charge in [-0.1, -0.05) is 13.8 Å². The van der Waals surface area contributed by atoms with Crippen LogP contribution in [0.5, 0.6) is 11.5 Å². The van der Waals surface area contributed by atoms with Crippen molar-refractivity contribution in [2.24, 2.45) is 0 Å². The van der Waals surface area contributed by atoms with Crippen LogP contribution in [0.4, 0.5) is 0 Å². The summed E-state index contributed by atoms with van der Waals surface area (Å²) in [7, 11) is 0. The highest BCUT2D eigenvalue weighted by molar-refractivity contribution is 6.20. The first kappa shape index (κ1) is 16.2. The van der Waals surface area contributed by atoms with E-state index in [1.54, 1.807) is 0 Å². The summed E-state index contributed by atoms with van der Waals surface area (Å²) in [6, 6.07) is 2.01. The van der Waals surface area contributed by atoms with Crippen molar-refractivity contribution < 1.29 is 19.8 Å². The monoisotopic (exact) mass is 350 g/mol. The Morgan fingerprint density at radius 3 is 2.04 bits per heavy atom. The molecule has 1 aliphatic carbocycles. The van der Waals surface area contributed by atoms with Gasteiger partial charge in [0.2, 0.25) is 0 Å². The van der Waals surface area contributed by atoms with E-state index in [4.69, 9.17) is 0 Å². The molecule has 0 atom stereocenters. The first-order valence-electron chi connectivity index (χ1n) is 8.10. The van der Waals surface area contributed by atoms with Gasteiger partial charge in [0.15, 0.2) is 16.6 Å². The lowest BCUT2D eigenvalue weighted by Crippen LogP contribution is -2.31. The second kappa shape index (κ2) is 4.86. The number of carbonyl (C=O) groups excluding carboxylic acids is 1. The number of hydrogen-bond donors (Lipinski definition) is 2. The van der Waals surface area contributed by atoms with Gasteiger partial charge in [0, 0.05) is 17.4 Å². The highest BCUT2D eigenvalue weighted by atomic mass is 16.3. The Morgan fingerprint density at radius 1 is 0.962 bits per heavy atom. The average Bonchev–Trinajstić information content (AvgIpc) is 2.96. The van der Waals surface area contributed by atoms with Crippen LogP contribution in [0.25, 0.3) is 27.1 Å². The number of phenols is 2. The average molecular weight is 350 g/mol. The standard InChI is InChI=1S/C19H14N2O5/c1-19(2)6-5-9(24)10-13-14(16(21-20)15(10)19)18(26)12-8(23)4-3-7(22)11(12)17(13)25/h3-4,25-26H,5-6H2,1-2H3. The van der Waals surface area contributed by atoms with Crippen molar-refractivity contribution in [1.82, 2.24) is 0 Å². The first-order chi connectivity index (χ1) is 12.2. The Hall–Kier alpha value is -3.31. The minimum Gasteiger partial charge on any atom is -0.506 e. The summed E-state index contributed by atoms with van der Waals surface area (Å²) < 4.78 is 0. The second-order valence-electron chi connectivity index (χ2n) is 7.26. The molecule has 2 N–H and O–H groups in total. The molecule has 0 aromatic heterocycles. The van der Waals surface area contributed by atoms with E-state index in [0.717, 1.165) is 12.1 Å². The van der Waals surface area contributed by atoms with Crippen molar-refractivity contribution >= 4 is 27.3 Å². The predicted octanol–water partition coefficient (Wildman–Crippen LogP) is 1.38. The van der Waals surface area contributed by atoms with Crippen LogP contribution in [0.2, 0.25) is 0 Å². The summed E-state index contributed by atoms with van der Waals surface area (Å²) in [6.45, 7) is 3.72. The van der Waals surface area contributed by atoms with Crippen LogP contribution in [0, 0.1) is 0 Å². The minimum atomic E-state index is -0.650. The molecule has 0 amide bonds. The molecular weight excluding hydrogens is 336 g/mol. The van der Waals surface area contributed by atoms with E-state index < -0.39 is 27.8 Å². The van der Waals surface area contributed by atoms with E-state index in [-0.39, 0.29) is 44.7 Å². The van der Waals surface area contributed by atoms with E-state index >= 15 is 0 Å². The molecular formula is C19H14N2O5. The van der Waals surface area contributed by atoms with Crippen LogP contribution in [0.1, 0.15) is 42.6 Å². The largest absolute Gasteiger partial charge is 0.506 e. The molecule has 0 spiro atoms. The summed E-state index contributed by atoms with van der Waals surface area (Å²) in [5.41, 5.74) is 8.27. The number of carbonyl (C=O) groups is 1. The predicted molar refractivity (Wildman–Crippen MR) is 93.0 cm³/mol. The number of Topliss-reactive ketones (excluding diaryl/α,β-unsaturated/α-hetero) is 1. The third kappa shape index (κ3) is 1.75. The molecule has 26 heavy (non-hydrogen) atoms. The van der Waals surface area contributed by atoms with Crippen LogP contribution in [0.15, 0.2) is 21.7 Å². The van der Waals surface area contributed by atoms with Crippen LogP contribution in [-0.4, -0.2) is 20.8 Å². The number of hydrogen-bond acceptors (Lipinski definition) is 5. The lowest BCUT2D eigenvalue weighted by molar-refractivity contribution is -0.0650. The van der Waals surface area contributed by atoms with E-state index in [1.807, 2.05) is 13.8 Å². The fourth-order valence-corrected chi connectivity index (χ4v) is 4.08. The molecule has 7 nitrogen and oxygen atoms in total. The Bertz CT molecular complexity index is 1340. The van der Waals surface area contributed by atoms with Crippen molar-refractivity contribution in [2.45, 2.75) is 32.1 Å². The molecule has 3 aromatic carbocycles. The maximum Gasteiger partial charge on any atom is 0.331 e. The van der Waals surface area contributed by atoms with Gasteiger partial charge in [-0.15, -0.1) is 0 Å². The number of rotatable bonds is 0. The summed E-state index contributed by atoms with van der Waals surface area (Å²) in [6.07, 6.45) is 0.715. The van der Waals surface area contributed by atoms with Crippen LogP contribution >= 0.6 is 0 Å². The fourth-order valence-electron chi connectivity index (χ4n) is 4.08. The molecule has 0 unspecified atom stereocenters. The summed E-state index contributed by atoms with van der Waals surface area (Å²) in [5.74, 6) is -1.40. The first-order valence-corrected chi connectivity index (χ1v) is 8.10. The number of benzene rings is 2. The van der Waals surface area contributed by atoms with Crippen molar-refractivity contribution in [3.8, 4) is 11.5 Å². The molecule has 0 heterocycles. The highest BCUT2D eigenvalue weighted by Crippen LogP contribution is 2.46. The second-order valence-corrected chi connectivity index (χ2v) is 7.26. The molecule has 1 aliphatic rings. The maximum absolute atomic E-state index is 12.6. The zero-order valence-corrected chi connectivity index (χ0v) is 14.1. The van der Waals surface area contributed by atoms with E-state index in [0.29, 0.717) is 12.0 Å². The SMILES string of the molecule is CC1(C)CCC(=O)c2c1c(=[N+]=[N-])c1c(O)c3c(=O)ccc(=O)c3c(O)c21. The van der Waals surface area contributed by atoms with E-state index in [9.17, 15) is 30.1 Å². The lowest BCUT2D eigenvalue weighted by atomic mass is 9.73. The molecule has 7 heteroatoms. The lowest BCUT2D eigenvalue weighted by Gasteiger charge is -2.27. The van der Waals surface area contributed by atoms with Gasteiger partial charge in [0.25, 0.3) is 0 Å². The maximum atomic E-state index is 12.6. The highest BCUT2D eigenvalue weighted by Gasteiger charge is 2.42. The molecule has 0 aliphatic heterocycles. The molecule has 130 valence electrons. The van der Waals surface area contributed by atoms with Gasteiger partial charge in [-0.2, -0.15) is 4.79 Å². The molecule has 0 radical (unpaired) electrons. The molecule has 0 bridgehead atoms.